The summed E-state index contributed by atoms with van der Waals surface area (Å²) in [5.41, 5.74) is 4.13. The van der Waals surface area contributed by atoms with Gasteiger partial charge < -0.3 is 10.3 Å². The van der Waals surface area contributed by atoms with Crippen molar-refractivity contribution in [2.45, 2.75) is 13.3 Å². The summed E-state index contributed by atoms with van der Waals surface area (Å²) in [7, 11) is 0. The summed E-state index contributed by atoms with van der Waals surface area (Å²) in [5.74, 6) is -0.510. The van der Waals surface area contributed by atoms with Crippen molar-refractivity contribution in [2.24, 2.45) is 0 Å². The number of hydrogen-bond acceptors (Lipinski definition) is 4. The predicted molar refractivity (Wildman–Crippen MR) is 101 cm³/mol. The minimum absolute atomic E-state index is 0.150. The molecule has 130 valence electrons. The topological polar surface area (TPSA) is 70.7 Å². The van der Waals surface area contributed by atoms with E-state index in [1.807, 2.05) is 24.4 Å². The van der Waals surface area contributed by atoms with E-state index in [1.165, 1.54) is 23.5 Å². The first-order valence-corrected chi connectivity index (χ1v) is 8.90. The van der Waals surface area contributed by atoms with Crippen LogP contribution in [0.25, 0.3) is 22.2 Å². The highest BCUT2D eigenvalue weighted by molar-refractivity contribution is 7.14. The largest absolute Gasteiger partial charge is 0.358 e. The maximum Gasteiger partial charge on any atom is 0.230 e. The second-order valence-electron chi connectivity index (χ2n) is 5.92. The lowest BCUT2D eigenvalue weighted by Crippen LogP contribution is -2.14. The Morgan fingerprint density at radius 1 is 1.35 bits per heavy atom. The Hall–Kier alpha value is -3.06. The van der Waals surface area contributed by atoms with Crippen LogP contribution in [0.1, 0.15) is 11.3 Å². The first-order valence-electron chi connectivity index (χ1n) is 8.02. The molecule has 7 heteroatoms. The molecule has 2 N–H and O–H groups in total. The molecule has 1 amide bonds. The van der Waals surface area contributed by atoms with Crippen LogP contribution in [0.5, 0.6) is 0 Å². The molecule has 0 bridgehead atoms. The molecule has 0 aliphatic rings. The van der Waals surface area contributed by atoms with E-state index in [1.54, 1.807) is 18.5 Å². The highest BCUT2D eigenvalue weighted by Gasteiger charge is 2.14. The molecule has 0 radical (unpaired) electrons. The molecule has 1 aromatic carbocycles. The molecule has 0 fully saturated rings. The molecule has 0 aliphatic heterocycles. The molecule has 0 atom stereocenters. The number of pyridine rings is 1. The second-order valence-corrected chi connectivity index (χ2v) is 6.78. The molecule has 0 spiro atoms. The number of carbonyl (C=O) groups is 1. The number of amides is 1. The van der Waals surface area contributed by atoms with Crippen molar-refractivity contribution in [3.05, 3.63) is 65.2 Å². The lowest BCUT2D eigenvalue weighted by molar-refractivity contribution is -0.115. The van der Waals surface area contributed by atoms with Crippen LogP contribution in [0.15, 0.2) is 48.1 Å². The third-order valence-electron chi connectivity index (χ3n) is 4.13. The third-order valence-corrected chi connectivity index (χ3v) is 4.88. The minimum Gasteiger partial charge on any atom is -0.358 e. The van der Waals surface area contributed by atoms with Gasteiger partial charge in [-0.05, 0) is 42.8 Å². The molecule has 5 nitrogen and oxygen atoms in total. The molecule has 0 saturated heterocycles. The molecule has 3 aromatic heterocycles. The van der Waals surface area contributed by atoms with Crippen LogP contribution in [0.2, 0.25) is 0 Å². The van der Waals surface area contributed by atoms with E-state index in [-0.39, 0.29) is 18.1 Å². The number of aryl methyl sites for hydroxylation is 1. The first-order chi connectivity index (χ1) is 12.6. The number of H-pyrrole nitrogens is 1. The molecular formula is C19H15FN4OS. The number of nitrogens with zero attached hydrogens (tertiary/aromatic N) is 2. The van der Waals surface area contributed by atoms with Gasteiger partial charge in [-0.15, -0.1) is 11.3 Å². The number of hydrogen-bond donors (Lipinski definition) is 2. The summed E-state index contributed by atoms with van der Waals surface area (Å²) in [6.07, 6.45) is 3.58. The summed E-state index contributed by atoms with van der Waals surface area (Å²) in [4.78, 5) is 24.1. The van der Waals surface area contributed by atoms with Gasteiger partial charge in [0.05, 0.1) is 12.1 Å². The van der Waals surface area contributed by atoms with Crippen molar-refractivity contribution in [1.29, 1.82) is 0 Å². The van der Waals surface area contributed by atoms with Gasteiger partial charge in [-0.25, -0.2) is 9.37 Å². The summed E-state index contributed by atoms with van der Waals surface area (Å²) in [6.45, 7) is 1.88. The molecule has 0 unspecified atom stereocenters. The van der Waals surface area contributed by atoms with Gasteiger partial charge in [0.2, 0.25) is 5.91 Å². The van der Waals surface area contributed by atoms with Crippen molar-refractivity contribution in [1.82, 2.24) is 15.0 Å². The zero-order valence-electron chi connectivity index (χ0n) is 13.9. The van der Waals surface area contributed by atoms with E-state index >= 15 is 0 Å². The fraction of sp³-hybridized carbons (Fsp3) is 0.105. The minimum atomic E-state index is -0.320. The number of aromatic nitrogens is 3. The quantitative estimate of drug-likeness (QED) is 0.565. The van der Waals surface area contributed by atoms with Crippen LogP contribution in [0.4, 0.5) is 9.52 Å². The van der Waals surface area contributed by atoms with Crippen LogP contribution in [-0.2, 0) is 11.2 Å². The highest BCUT2D eigenvalue weighted by atomic mass is 32.1. The fourth-order valence-corrected chi connectivity index (χ4v) is 3.62. The molecule has 0 aliphatic carbocycles. The van der Waals surface area contributed by atoms with Gasteiger partial charge in [-0.3, -0.25) is 9.78 Å². The van der Waals surface area contributed by atoms with Gasteiger partial charge >= 0.3 is 0 Å². The van der Waals surface area contributed by atoms with Gasteiger partial charge in [-0.1, -0.05) is 0 Å². The van der Waals surface area contributed by atoms with Gasteiger partial charge in [0.1, 0.15) is 5.82 Å². The van der Waals surface area contributed by atoms with E-state index in [2.05, 4.69) is 20.3 Å². The van der Waals surface area contributed by atoms with Gasteiger partial charge in [0.25, 0.3) is 0 Å². The number of rotatable bonds is 4. The van der Waals surface area contributed by atoms with E-state index in [0.29, 0.717) is 5.13 Å². The van der Waals surface area contributed by atoms with Gasteiger partial charge in [0.15, 0.2) is 5.13 Å². The zero-order valence-corrected chi connectivity index (χ0v) is 14.7. The number of fused-ring (bicyclic) bond motifs is 1. The van der Waals surface area contributed by atoms with Crippen molar-refractivity contribution >= 4 is 33.3 Å². The summed E-state index contributed by atoms with van der Waals surface area (Å²) in [5, 5.41) is 5.95. The standard InChI is InChI=1S/C19H15FN4OS/c1-11-14(15-7-13(20)4-5-16(15)22-11)8-18(25)24-19-23-17(10-26-19)12-3-2-6-21-9-12/h2-7,9-10,22H,8H2,1H3,(H,23,24,25). The zero-order chi connectivity index (χ0) is 18.1. The van der Waals surface area contributed by atoms with Crippen LogP contribution >= 0.6 is 11.3 Å². The number of halogens is 1. The van der Waals surface area contributed by atoms with E-state index < -0.39 is 0 Å². The number of benzene rings is 1. The first kappa shape index (κ1) is 16.4. The number of aromatic amines is 1. The Balaban J connectivity index is 1.52. The lowest BCUT2D eigenvalue weighted by atomic mass is 10.1. The maximum absolute atomic E-state index is 13.5. The Morgan fingerprint density at radius 2 is 2.23 bits per heavy atom. The molecule has 26 heavy (non-hydrogen) atoms. The lowest BCUT2D eigenvalue weighted by Gasteiger charge is -2.03. The Kier molecular flexibility index (Phi) is 4.22. The fourth-order valence-electron chi connectivity index (χ4n) is 2.88. The van der Waals surface area contributed by atoms with Crippen LogP contribution < -0.4 is 5.32 Å². The smallest absolute Gasteiger partial charge is 0.230 e. The Morgan fingerprint density at radius 3 is 3.04 bits per heavy atom. The highest BCUT2D eigenvalue weighted by Crippen LogP contribution is 2.26. The van der Waals surface area contributed by atoms with Gasteiger partial charge in [0, 0.05) is 39.9 Å². The summed E-state index contributed by atoms with van der Waals surface area (Å²) < 4.78 is 13.5. The monoisotopic (exact) mass is 366 g/mol. The summed E-state index contributed by atoms with van der Waals surface area (Å²) in [6, 6.07) is 8.28. The van der Waals surface area contributed by atoms with Crippen molar-refractivity contribution in [3.63, 3.8) is 0 Å². The molecule has 0 saturated carbocycles. The maximum atomic E-state index is 13.5. The van der Waals surface area contributed by atoms with Crippen molar-refractivity contribution < 1.29 is 9.18 Å². The number of carbonyl (C=O) groups excluding carboxylic acids is 1. The SMILES string of the molecule is Cc1[nH]c2ccc(F)cc2c1CC(=O)Nc1nc(-c2cccnc2)cs1. The second kappa shape index (κ2) is 6.68. The van der Waals surface area contributed by atoms with Crippen molar-refractivity contribution in [2.75, 3.05) is 5.32 Å². The van der Waals surface area contributed by atoms with Crippen LogP contribution in [0, 0.1) is 12.7 Å². The average molecular weight is 366 g/mol. The Bertz CT molecular complexity index is 1090. The van der Waals surface area contributed by atoms with Crippen LogP contribution in [0.3, 0.4) is 0 Å². The van der Waals surface area contributed by atoms with E-state index in [4.69, 9.17) is 0 Å². The molecule has 4 rings (SSSR count). The average Bonchev–Trinajstić information content (AvgIpc) is 3.21. The predicted octanol–water partition coefficient (Wildman–Crippen LogP) is 4.32. The van der Waals surface area contributed by atoms with E-state index in [0.717, 1.165) is 33.4 Å². The van der Waals surface area contributed by atoms with Crippen molar-refractivity contribution in [3.8, 4) is 11.3 Å². The van der Waals surface area contributed by atoms with E-state index in [9.17, 15) is 9.18 Å². The van der Waals surface area contributed by atoms with Crippen LogP contribution in [-0.4, -0.2) is 20.9 Å². The number of thiazole rings is 1. The Labute approximate surface area is 152 Å². The number of nitrogens with one attached hydrogen (secondary N) is 2. The molecule has 3 heterocycles. The summed E-state index contributed by atoms with van der Waals surface area (Å²) >= 11 is 1.36. The molecular weight excluding hydrogens is 351 g/mol. The molecule has 4 aromatic rings. The third kappa shape index (κ3) is 3.21. The van der Waals surface area contributed by atoms with Gasteiger partial charge in [-0.2, -0.15) is 0 Å². The number of anilines is 1. The normalized spacial score (nSPS) is 11.0.